The molecule has 1 unspecified atom stereocenters. The van der Waals surface area contributed by atoms with Gasteiger partial charge in [0.25, 0.3) is 0 Å². The molecule has 0 aromatic rings. The molecule has 2 rings (SSSR count). The fraction of sp³-hybridized carbons (Fsp3) is 0.929. The van der Waals surface area contributed by atoms with Gasteiger partial charge in [-0.1, -0.05) is 6.42 Å². The third-order valence-corrected chi connectivity index (χ3v) is 5.02. The molecule has 7 nitrogen and oxygen atoms in total. The molecule has 0 radical (unpaired) electrons. The minimum absolute atomic E-state index is 0.139. The fourth-order valence-corrected chi connectivity index (χ4v) is 3.76. The van der Waals surface area contributed by atoms with Gasteiger partial charge in [0.2, 0.25) is 0 Å². The maximum Gasteiger partial charge on any atom is 0.451 e. The van der Waals surface area contributed by atoms with Crippen LogP contribution in [-0.4, -0.2) is 71.4 Å². The van der Waals surface area contributed by atoms with E-state index in [1.54, 1.807) is 0 Å². The highest BCUT2D eigenvalue weighted by atomic mass is 16.4. The molecule has 2 heterocycles. The first-order valence-corrected chi connectivity index (χ1v) is 8.23. The van der Waals surface area contributed by atoms with E-state index in [2.05, 4.69) is 10.2 Å². The average molecular weight is 313 g/mol. The lowest BCUT2D eigenvalue weighted by molar-refractivity contribution is -0.144. The van der Waals surface area contributed by atoms with Crippen LogP contribution in [0.4, 0.5) is 0 Å². The van der Waals surface area contributed by atoms with Gasteiger partial charge in [-0.15, -0.1) is 0 Å². The van der Waals surface area contributed by atoms with Gasteiger partial charge in [0, 0.05) is 25.6 Å². The van der Waals surface area contributed by atoms with Crippen LogP contribution in [0.2, 0.25) is 6.32 Å². The first kappa shape index (κ1) is 17.7. The van der Waals surface area contributed by atoms with Crippen molar-refractivity contribution in [2.45, 2.75) is 37.5 Å². The topological polar surface area (TPSA) is 119 Å². The molecule has 0 spiro atoms. The summed E-state index contributed by atoms with van der Waals surface area (Å²) in [4.78, 5) is 13.8. The Morgan fingerprint density at radius 1 is 1.45 bits per heavy atom. The van der Waals surface area contributed by atoms with Gasteiger partial charge in [-0.2, -0.15) is 0 Å². The largest absolute Gasteiger partial charge is 0.480 e. The summed E-state index contributed by atoms with van der Waals surface area (Å²) in [5.74, 6) is -0.531. The number of hydrogen-bond acceptors (Lipinski definition) is 6. The van der Waals surface area contributed by atoms with Crippen molar-refractivity contribution in [3.63, 3.8) is 0 Å². The van der Waals surface area contributed by atoms with E-state index in [1.807, 2.05) is 0 Å². The Hall–Kier alpha value is -0.665. The lowest BCUT2D eigenvalue weighted by Crippen LogP contribution is -2.55. The molecule has 2 aliphatic rings. The van der Waals surface area contributed by atoms with Gasteiger partial charge >= 0.3 is 13.1 Å². The van der Waals surface area contributed by atoms with E-state index in [9.17, 15) is 9.90 Å². The zero-order valence-corrected chi connectivity index (χ0v) is 13.1. The SMILES string of the molecule is N[C@@]1(C(=O)O)CN(CC2CCCNC2)C[C@@H]1CCCB(O)O. The van der Waals surface area contributed by atoms with Crippen LogP contribution in [0, 0.1) is 11.8 Å². The van der Waals surface area contributed by atoms with Gasteiger partial charge < -0.3 is 31.1 Å². The molecule has 0 aliphatic carbocycles. The lowest BCUT2D eigenvalue weighted by atomic mass is 9.78. The number of piperidine rings is 1. The lowest BCUT2D eigenvalue weighted by Gasteiger charge is -2.28. The van der Waals surface area contributed by atoms with Crippen molar-refractivity contribution >= 4 is 13.1 Å². The molecule has 3 atom stereocenters. The van der Waals surface area contributed by atoms with E-state index in [0.717, 1.165) is 19.6 Å². The molecule has 0 amide bonds. The number of rotatable bonds is 7. The summed E-state index contributed by atoms with van der Waals surface area (Å²) >= 11 is 0. The first-order chi connectivity index (χ1) is 10.4. The maximum atomic E-state index is 11.6. The number of nitrogens with zero attached hydrogens (tertiary/aromatic N) is 1. The highest BCUT2D eigenvalue weighted by molar-refractivity contribution is 6.40. The van der Waals surface area contributed by atoms with E-state index in [0.29, 0.717) is 31.8 Å². The number of aliphatic carboxylic acids is 1. The van der Waals surface area contributed by atoms with E-state index < -0.39 is 18.6 Å². The second kappa shape index (κ2) is 7.74. The number of likely N-dealkylation sites (tertiary alicyclic amines) is 1. The Bertz CT molecular complexity index is 379. The number of nitrogens with two attached hydrogens (primary N) is 1. The van der Waals surface area contributed by atoms with Crippen LogP contribution in [0.1, 0.15) is 25.7 Å². The normalized spacial score (nSPS) is 33.0. The van der Waals surface area contributed by atoms with Crippen LogP contribution in [0.25, 0.3) is 0 Å². The molecular weight excluding hydrogens is 285 g/mol. The number of carboxylic acid groups (broad SMARTS) is 1. The van der Waals surface area contributed by atoms with Gasteiger partial charge in [0.1, 0.15) is 5.54 Å². The molecular formula is C14H28BN3O4. The van der Waals surface area contributed by atoms with Gasteiger partial charge in [-0.25, -0.2) is 0 Å². The monoisotopic (exact) mass is 313 g/mol. The quantitative estimate of drug-likeness (QED) is 0.381. The molecule has 2 saturated heterocycles. The molecule has 8 heteroatoms. The number of hydrogen-bond donors (Lipinski definition) is 5. The molecule has 22 heavy (non-hydrogen) atoms. The fourth-order valence-electron chi connectivity index (χ4n) is 3.76. The van der Waals surface area contributed by atoms with Crippen molar-refractivity contribution in [1.82, 2.24) is 10.2 Å². The minimum atomic E-state index is -1.33. The molecule has 6 N–H and O–H groups in total. The second-order valence-corrected chi connectivity index (χ2v) is 6.86. The summed E-state index contributed by atoms with van der Waals surface area (Å²) in [5.41, 5.74) is 4.96. The molecule has 2 fully saturated rings. The summed E-state index contributed by atoms with van der Waals surface area (Å²) in [6.45, 7) is 4.01. The Morgan fingerprint density at radius 2 is 2.23 bits per heavy atom. The van der Waals surface area contributed by atoms with Crippen molar-refractivity contribution in [2.24, 2.45) is 17.6 Å². The number of carboxylic acids is 1. The Morgan fingerprint density at radius 3 is 2.82 bits per heavy atom. The molecule has 0 aromatic carbocycles. The van der Waals surface area contributed by atoms with Crippen molar-refractivity contribution in [3.05, 3.63) is 0 Å². The third-order valence-electron chi connectivity index (χ3n) is 5.02. The van der Waals surface area contributed by atoms with Crippen molar-refractivity contribution in [2.75, 3.05) is 32.7 Å². The Kier molecular flexibility index (Phi) is 6.22. The molecule has 2 aliphatic heterocycles. The van der Waals surface area contributed by atoms with Gasteiger partial charge in [0.15, 0.2) is 0 Å². The Labute approximate surface area is 132 Å². The second-order valence-electron chi connectivity index (χ2n) is 6.86. The predicted octanol–water partition coefficient (Wildman–Crippen LogP) is -1.05. The van der Waals surface area contributed by atoms with Crippen LogP contribution >= 0.6 is 0 Å². The maximum absolute atomic E-state index is 11.6. The average Bonchev–Trinajstić information content (AvgIpc) is 2.77. The zero-order chi connectivity index (χ0) is 16.2. The summed E-state index contributed by atoms with van der Waals surface area (Å²) in [6.07, 6.45) is 3.80. The summed E-state index contributed by atoms with van der Waals surface area (Å²) in [7, 11) is -1.33. The van der Waals surface area contributed by atoms with E-state index in [1.165, 1.54) is 12.8 Å². The highest BCUT2D eigenvalue weighted by Gasteiger charge is 2.49. The smallest absolute Gasteiger partial charge is 0.451 e. The number of nitrogens with one attached hydrogen (secondary N) is 1. The van der Waals surface area contributed by atoms with Gasteiger partial charge in [-0.05, 0) is 44.6 Å². The van der Waals surface area contributed by atoms with Crippen molar-refractivity contribution < 1.29 is 19.9 Å². The van der Waals surface area contributed by atoms with Crippen LogP contribution in [0.3, 0.4) is 0 Å². The first-order valence-electron chi connectivity index (χ1n) is 8.23. The third kappa shape index (κ3) is 4.42. The highest BCUT2D eigenvalue weighted by Crippen LogP contribution is 2.31. The molecule has 0 aromatic heterocycles. The van der Waals surface area contributed by atoms with Gasteiger partial charge in [-0.3, -0.25) is 4.79 Å². The molecule has 0 saturated carbocycles. The van der Waals surface area contributed by atoms with Crippen molar-refractivity contribution in [1.29, 1.82) is 0 Å². The summed E-state index contributed by atoms with van der Waals surface area (Å²) in [5, 5.41) is 30.7. The standard InChI is InChI=1S/C14H28BN3O4/c16-14(13(19)20)10-18(8-11-3-2-6-17-7-11)9-12(14)4-1-5-15(21)22/h11-12,17,21-22H,1-10,16H2,(H,19,20)/t11?,12-,14-/m0/s1. The number of carbonyl (C=O) groups is 1. The Balaban J connectivity index is 1.90. The molecule has 0 bridgehead atoms. The van der Waals surface area contributed by atoms with Crippen molar-refractivity contribution in [3.8, 4) is 0 Å². The van der Waals surface area contributed by atoms with E-state index in [-0.39, 0.29) is 12.2 Å². The van der Waals surface area contributed by atoms with Crippen LogP contribution < -0.4 is 11.1 Å². The summed E-state index contributed by atoms with van der Waals surface area (Å²) in [6, 6.07) is 0. The molecule has 126 valence electrons. The predicted molar refractivity (Wildman–Crippen MR) is 84.3 cm³/mol. The van der Waals surface area contributed by atoms with Gasteiger partial charge in [0.05, 0.1) is 0 Å². The van der Waals surface area contributed by atoms with Crippen LogP contribution in [0.15, 0.2) is 0 Å². The zero-order valence-electron chi connectivity index (χ0n) is 13.1. The summed E-state index contributed by atoms with van der Waals surface area (Å²) < 4.78 is 0. The van der Waals surface area contributed by atoms with E-state index >= 15 is 0 Å². The van der Waals surface area contributed by atoms with Crippen LogP contribution in [-0.2, 0) is 4.79 Å². The minimum Gasteiger partial charge on any atom is -0.480 e. The van der Waals surface area contributed by atoms with E-state index in [4.69, 9.17) is 15.8 Å². The van der Waals surface area contributed by atoms with Crippen LogP contribution in [0.5, 0.6) is 0 Å².